The minimum atomic E-state index is -0.133. The van der Waals surface area contributed by atoms with E-state index in [1.807, 2.05) is 61.5 Å². The molecule has 1 heterocycles. The van der Waals surface area contributed by atoms with Gasteiger partial charge in [0.15, 0.2) is 0 Å². The number of nitrogens with one attached hydrogen (secondary N) is 1. The van der Waals surface area contributed by atoms with Gasteiger partial charge < -0.3 is 14.8 Å². The molecule has 0 aromatic heterocycles. The van der Waals surface area contributed by atoms with Crippen LogP contribution in [-0.2, 0) is 4.79 Å². The summed E-state index contributed by atoms with van der Waals surface area (Å²) in [6.45, 7) is 6.58. The van der Waals surface area contributed by atoms with Gasteiger partial charge in [0.2, 0.25) is 0 Å². The molecule has 0 aliphatic carbocycles. The van der Waals surface area contributed by atoms with Gasteiger partial charge in [0.1, 0.15) is 18.1 Å². The third kappa shape index (κ3) is 3.25. The second-order valence-corrected chi connectivity index (χ2v) is 6.45. The van der Waals surface area contributed by atoms with Crippen molar-refractivity contribution in [2.24, 2.45) is 0 Å². The second-order valence-electron chi connectivity index (χ2n) is 6.45. The smallest absolute Gasteiger partial charge is 0.256 e. The molecule has 1 aliphatic heterocycles. The maximum absolute atomic E-state index is 12.7. The van der Waals surface area contributed by atoms with Crippen LogP contribution in [0.3, 0.4) is 0 Å². The number of carbonyl (C=O) groups excluding carboxylic acids is 1. The summed E-state index contributed by atoms with van der Waals surface area (Å²) in [5.74, 6) is 1.33. The average molecular weight is 371 g/mol. The van der Waals surface area contributed by atoms with Crippen molar-refractivity contribution in [3.8, 4) is 11.5 Å². The van der Waals surface area contributed by atoms with E-state index < -0.39 is 0 Å². The number of hydrogen-bond donors (Lipinski definition) is 1. The standard InChI is InChI=1S/C24H21NO3/c1-3-13-28-17-10-11-19-21(24(26)25-22(19)14-17)15-20-18-8-6-5-7-16(18)9-12-23(20)27-4-2/h3,5-12,14-15H,1,4,13H2,2H3,(H,25,26). The maximum Gasteiger partial charge on any atom is 0.256 e. The molecule has 4 nitrogen and oxygen atoms in total. The van der Waals surface area contributed by atoms with Crippen molar-refractivity contribution >= 4 is 34.0 Å². The first kappa shape index (κ1) is 17.9. The summed E-state index contributed by atoms with van der Waals surface area (Å²) in [7, 11) is 0. The van der Waals surface area contributed by atoms with E-state index in [-0.39, 0.29) is 5.91 Å². The molecule has 0 fully saturated rings. The van der Waals surface area contributed by atoms with Crippen molar-refractivity contribution in [2.45, 2.75) is 6.92 Å². The molecule has 1 N–H and O–H groups in total. The Morgan fingerprint density at radius 2 is 1.93 bits per heavy atom. The van der Waals surface area contributed by atoms with Gasteiger partial charge in [-0.3, -0.25) is 4.79 Å². The van der Waals surface area contributed by atoms with Crippen LogP contribution in [-0.4, -0.2) is 19.1 Å². The van der Waals surface area contributed by atoms with Crippen molar-refractivity contribution in [1.29, 1.82) is 0 Å². The Kier molecular flexibility index (Phi) is 4.85. The molecule has 1 aliphatic rings. The monoisotopic (exact) mass is 371 g/mol. The molecule has 3 aromatic carbocycles. The van der Waals surface area contributed by atoms with Gasteiger partial charge in [-0.15, -0.1) is 0 Å². The SMILES string of the molecule is C=CCOc1ccc2c(c1)NC(=O)C2=Cc1c(OCC)ccc2ccccc12. The number of anilines is 1. The molecule has 140 valence electrons. The first-order chi connectivity index (χ1) is 13.7. The zero-order valence-electron chi connectivity index (χ0n) is 15.7. The highest BCUT2D eigenvalue weighted by Crippen LogP contribution is 2.38. The van der Waals surface area contributed by atoms with Crippen LogP contribution in [0.5, 0.6) is 11.5 Å². The quantitative estimate of drug-likeness (QED) is 0.473. The van der Waals surface area contributed by atoms with Crippen molar-refractivity contribution in [3.05, 3.63) is 78.4 Å². The van der Waals surface area contributed by atoms with E-state index in [0.29, 0.717) is 24.5 Å². The highest BCUT2D eigenvalue weighted by Gasteiger charge is 2.25. The average Bonchev–Trinajstić information content (AvgIpc) is 3.02. The van der Waals surface area contributed by atoms with Gasteiger partial charge in [0.05, 0.1) is 12.3 Å². The molecule has 28 heavy (non-hydrogen) atoms. The minimum Gasteiger partial charge on any atom is -0.493 e. The molecular formula is C24H21NO3. The van der Waals surface area contributed by atoms with Crippen LogP contribution in [0, 0.1) is 0 Å². The van der Waals surface area contributed by atoms with Crippen LogP contribution in [0.15, 0.2) is 67.3 Å². The highest BCUT2D eigenvalue weighted by atomic mass is 16.5. The Balaban J connectivity index is 1.83. The zero-order chi connectivity index (χ0) is 19.5. The number of amides is 1. The van der Waals surface area contributed by atoms with Gasteiger partial charge in [-0.1, -0.05) is 43.0 Å². The normalized spacial score (nSPS) is 14.0. The number of fused-ring (bicyclic) bond motifs is 2. The minimum absolute atomic E-state index is 0.133. The predicted molar refractivity (Wildman–Crippen MR) is 114 cm³/mol. The van der Waals surface area contributed by atoms with Gasteiger partial charge in [0.25, 0.3) is 5.91 Å². The van der Waals surface area contributed by atoms with E-state index in [0.717, 1.165) is 33.3 Å². The maximum atomic E-state index is 12.7. The Morgan fingerprint density at radius 1 is 1.07 bits per heavy atom. The second kappa shape index (κ2) is 7.61. The highest BCUT2D eigenvalue weighted by molar-refractivity contribution is 6.35. The van der Waals surface area contributed by atoms with Gasteiger partial charge in [-0.2, -0.15) is 0 Å². The van der Waals surface area contributed by atoms with Crippen molar-refractivity contribution in [3.63, 3.8) is 0 Å². The van der Waals surface area contributed by atoms with E-state index in [1.165, 1.54) is 0 Å². The summed E-state index contributed by atoms with van der Waals surface area (Å²) in [6.07, 6.45) is 3.60. The number of hydrogen-bond acceptors (Lipinski definition) is 3. The Bertz CT molecular complexity index is 1100. The van der Waals surface area contributed by atoms with E-state index in [1.54, 1.807) is 6.08 Å². The fourth-order valence-electron chi connectivity index (χ4n) is 3.41. The molecule has 0 bridgehead atoms. The van der Waals surface area contributed by atoms with E-state index in [2.05, 4.69) is 18.0 Å². The van der Waals surface area contributed by atoms with Crippen molar-refractivity contribution in [1.82, 2.24) is 0 Å². The van der Waals surface area contributed by atoms with Crippen LogP contribution in [0.2, 0.25) is 0 Å². The molecule has 0 radical (unpaired) electrons. The number of ether oxygens (including phenoxy) is 2. The van der Waals surface area contributed by atoms with E-state index >= 15 is 0 Å². The Labute approximate surface area is 164 Å². The largest absolute Gasteiger partial charge is 0.493 e. The molecule has 4 heteroatoms. The first-order valence-corrected chi connectivity index (χ1v) is 9.27. The summed E-state index contributed by atoms with van der Waals surface area (Å²) in [5.41, 5.74) is 3.12. The summed E-state index contributed by atoms with van der Waals surface area (Å²) in [5, 5.41) is 5.08. The van der Waals surface area contributed by atoms with Gasteiger partial charge in [-0.25, -0.2) is 0 Å². The summed E-state index contributed by atoms with van der Waals surface area (Å²) >= 11 is 0. The first-order valence-electron chi connectivity index (χ1n) is 9.27. The molecule has 0 spiro atoms. The lowest BCUT2D eigenvalue weighted by atomic mass is 9.98. The fourth-order valence-corrected chi connectivity index (χ4v) is 3.41. The third-order valence-electron chi connectivity index (χ3n) is 4.66. The van der Waals surface area contributed by atoms with Crippen molar-refractivity contribution < 1.29 is 14.3 Å². The van der Waals surface area contributed by atoms with Gasteiger partial charge in [0, 0.05) is 22.8 Å². The predicted octanol–water partition coefficient (Wildman–Crippen LogP) is 5.30. The fraction of sp³-hybridized carbons (Fsp3) is 0.125. The van der Waals surface area contributed by atoms with Crippen LogP contribution in [0.1, 0.15) is 18.1 Å². The third-order valence-corrected chi connectivity index (χ3v) is 4.66. The Hall–Kier alpha value is -3.53. The number of carbonyl (C=O) groups is 1. The zero-order valence-corrected chi connectivity index (χ0v) is 15.7. The van der Waals surface area contributed by atoms with Gasteiger partial charge >= 0.3 is 0 Å². The van der Waals surface area contributed by atoms with Crippen LogP contribution < -0.4 is 14.8 Å². The van der Waals surface area contributed by atoms with Crippen LogP contribution >= 0.6 is 0 Å². The van der Waals surface area contributed by atoms with Crippen molar-refractivity contribution in [2.75, 3.05) is 18.5 Å². The summed E-state index contributed by atoms with van der Waals surface area (Å²) < 4.78 is 11.4. The summed E-state index contributed by atoms with van der Waals surface area (Å²) in [6, 6.07) is 17.7. The van der Waals surface area contributed by atoms with Gasteiger partial charge in [-0.05, 0) is 42.0 Å². The molecule has 0 unspecified atom stereocenters. The molecule has 4 rings (SSSR count). The number of benzene rings is 3. The lowest BCUT2D eigenvalue weighted by molar-refractivity contribution is -0.110. The van der Waals surface area contributed by atoms with E-state index in [4.69, 9.17) is 9.47 Å². The molecular weight excluding hydrogens is 350 g/mol. The topological polar surface area (TPSA) is 47.6 Å². The number of rotatable bonds is 6. The molecule has 1 amide bonds. The lowest BCUT2D eigenvalue weighted by Gasteiger charge is -2.11. The molecule has 3 aromatic rings. The lowest BCUT2D eigenvalue weighted by Crippen LogP contribution is -2.04. The molecule has 0 saturated carbocycles. The van der Waals surface area contributed by atoms with E-state index in [9.17, 15) is 4.79 Å². The van der Waals surface area contributed by atoms with Crippen LogP contribution in [0.25, 0.3) is 22.4 Å². The van der Waals surface area contributed by atoms with Crippen LogP contribution in [0.4, 0.5) is 5.69 Å². The molecule has 0 saturated heterocycles. The molecule has 0 atom stereocenters. The Morgan fingerprint density at radius 3 is 2.75 bits per heavy atom. The summed E-state index contributed by atoms with van der Waals surface area (Å²) in [4.78, 5) is 12.7.